The third kappa shape index (κ3) is 6.59. The average molecular weight is 548 g/mol. The van der Waals surface area contributed by atoms with E-state index in [4.69, 9.17) is 4.74 Å². The normalized spacial score (nSPS) is 20.6. The Labute approximate surface area is 231 Å². The number of ether oxygens (including phenoxy) is 1. The molecule has 0 radical (unpaired) electrons. The summed E-state index contributed by atoms with van der Waals surface area (Å²) >= 11 is 0. The largest absolute Gasteiger partial charge is 0.490 e. The summed E-state index contributed by atoms with van der Waals surface area (Å²) in [7, 11) is -2.90. The number of aryl methyl sites for hydroxylation is 2. The molecular weight excluding hydrogens is 510 g/mol. The molecule has 0 bridgehead atoms. The number of allylic oxidation sites excluding steroid dienone is 5. The number of benzene rings is 2. The monoisotopic (exact) mass is 547 g/mol. The Hall–Kier alpha value is -3.45. The molecule has 39 heavy (non-hydrogen) atoms. The zero-order valence-corrected chi connectivity index (χ0v) is 23.3. The molecule has 2 aromatic rings. The number of aliphatic hydroxyl groups excluding tert-OH is 1. The van der Waals surface area contributed by atoms with Crippen LogP contribution in [0.15, 0.2) is 84.0 Å². The van der Waals surface area contributed by atoms with Crippen molar-refractivity contribution in [3.05, 3.63) is 101 Å². The Balaban J connectivity index is 1.26. The summed E-state index contributed by atoms with van der Waals surface area (Å²) in [5.74, 6) is 0.694. The van der Waals surface area contributed by atoms with Crippen LogP contribution in [0.5, 0.6) is 5.75 Å². The van der Waals surface area contributed by atoms with E-state index in [-0.39, 0.29) is 23.5 Å². The van der Waals surface area contributed by atoms with Crippen LogP contribution in [0.1, 0.15) is 49.3 Å². The lowest BCUT2D eigenvalue weighted by Gasteiger charge is -2.24. The molecule has 2 fully saturated rings. The highest BCUT2D eigenvalue weighted by atomic mass is 32.2. The zero-order valence-electron chi connectivity index (χ0n) is 22.4. The second-order valence-electron chi connectivity index (χ2n) is 10.7. The minimum Gasteiger partial charge on any atom is -0.490 e. The molecule has 206 valence electrons. The Morgan fingerprint density at radius 1 is 1.05 bits per heavy atom. The van der Waals surface area contributed by atoms with Gasteiger partial charge in [-0.2, -0.15) is 0 Å². The van der Waals surface area contributed by atoms with Gasteiger partial charge in [0.25, 0.3) is 5.95 Å². The van der Waals surface area contributed by atoms with Gasteiger partial charge in [0, 0.05) is 23.7 Å². The second-order valence-corrected chi connectivity index (χ2v) is 13.0. The summed E-state index contributed by atoms with van der Waals surface area (Å²) in [6.45, 7) is 6.73. The summed E-state index contributed by atoms with van der Waals surface area (Å²) in [6, 6.07) is 13.0. The molecule has 1 heterocycles. The fourth-order valence-electron chi connectivity index (χ4n) is 5.50. The molecule has 2 aliphatic carbocycles. The van der Waals surface area contributed by atoms with Crippen molar-refractivity contribution < 1.29 is 23.4 Å². The molecular formula is C32H37NO5S. The van der Waals surface area contributed by atoms with Gasteiger partial charge in [0.2, 0.25) is 0 Å². The fraction of sp³-hybridized carbons (Fsp3) is 0.375. The van der Waals surface area contributed by atoms with Gasteiger partial charge in [-0.05, 0) is 103 Å². The van der Waals surface area contributed by atoms with Crippen molar-refractivity contribution in [3.8, 4) is 16.9 Å². The number of aliphatic hydroxyl groups is 2. The minimum absolute atomic E-state index is 0.0266. The van der Waals surface area contributed by atoms with Crippen molar-refractivity contribution in [2.75, 3.05) is 11.5 Å². The summed E-state index contributed by atoms with van der Waals surface area (Å²) < 4.78 is 29.7. The van der Waals surface area contributed by atoms with Gasteiger partial charge in [-0.15, -0.1) is 0 Å². The van der Waals surface area contributed by atoms with Crippen LogP contribution in [0.4, 0.5) is 0 Å². The Kier molecular flexibility index (Phi) is 7.89. The quantitative estimate of drug-likeness (QED) is 0.267. The first kappa shape index (κ1) is 27.1. The molecule has 6 nitrogen and oxygen atoms in total. The van der Waals surface area contributed by atoms with Crippen LogP contribution in [-0.2, 0) is 29.2 Å². The Morgan fingerprint density at radius 3 is 2.54 bits per heavy atom. The smallest absolute Gasteiger partial charge is 0.273 e. The van der Waals surface area contributed by atoms with E-state index in [1.165, 1.54) is 27.8 Å². The van der Waals surface area contributed by atoms with Crippen LogP contribution < -0.4 is 10.1 Å². The molecule has 1 saturated heterocycles. The maximum atomic E-state index is 11.8. The Bertz CT molecular complexity index is 1450. The van der Waals surface area contributed by atoms with Crippen molar-refractivity contribution in [1.82, 2.24) is 5.32 Å². The van der Waals surface area contributed by atoms with Crippen LogP contribution in [0.25, 0.3) is 11.1 Å². The van der Waals surface area contributed by atoms with Gasteiger partial charge in [-0.3, -0.25) is 0 Å². The van der Waals surface area contributed by atoms with Crippen molar-refractivity contribution >= 4 is 9.84 Å². The molecule has 7 heteroatoms. The summed E-state index contributed by atoms with van der Waals surface area (Å²) in [5, 5.41) is 22.0. The summed E-state index contributed by atoms with van der Waals surface area (Å²) in [6.07, 6.45) is 10.7. The first-order chi connectivity index (χ1) is 18.7. The highest BCUT2D eigenvalue weighted by Gasteiger charge is 2.35. The molecule has 0 aromatic heterocycles. The average Bonchev–Trinajstić information content (AvgIpc) is 3.74. The van der Waals surface area contributed by atoms with E-state index in [9.17, 15) is 18.6 Å². The van der Waals surface area contributed by atoms with E-state index in [1.807, 2.05) is 31.2 Å². The molecule has 5 rings (SSSR count). The van der Waals surface area contributed by atoms with Gasteiger partial charge in [0.1, 0.15) is 11.9 Å². The van der Waals surface area contributed by atoms with Crippen LogP contribution in [0.3, 0.4) is 0 Å². The van der Waals surface area contributed by atoms with Crippen molar-refractivity contribution in [1.29, 1.82) is 0 Å². The molecule has 0 amide bonds. The molecule has 2 aromatic carbocycles. The van der Waals surface area contributed by atoms with Gasteiger partial charge in [0.15, 0.2) is 9.84 Å². The maximum Gasteiger partial charge on any atom is 0.273 e. The number of sulfone groups is 1. The van der Waals surface area contributed by atoms with Crippen molar-refractivity contribution in [2.24, 2.45) is 5.92 Å². The van der Waals surface area contributed by atoms with Crippen molar-refractivity contribution in [3.63, 3.8) is 0 Å². The molecule has 1 aliphatic heterocycles. The highest BCUT2D eigenvalue weighted by Crippen LogP contribution is 2.44. The van der Waals surface area contributed by atoms with Crippen LogP contribution in [0, 0.1) is 5.92 Å². The lowest BCUT2D eigenvalue weighted by Crippen LogP contribution is -2.30. The zero-order chi connectivity index (χ0) is 27.6. The van der Waals surface area contributed by atoms with Gasteiger partial charge in [0.05, 0.1) is 11.5 Å². The third-order valence-corrected chi connectivity index (χ3v) is 9.66. The molecule has 3 N–H and O–H groups in total. The van der Waals surface area contributed by atoms with Crippen LogP contribution in [-0.4, -0.2) is 36.2 Å². The predicted octanol–water partition coefficient (Wildman–Crippen LogP) is 6.25. The number of hydrogen-bond acceptors (Lipinski definition) is 6. The topological polar surface area (TPSA) is 95.9 Å². The first-order valence-corrected chi connectivity index (χ1v) is 15.5. The lowest BCUT2D eigenvalue weighted by atomic mass is 9.94. The van der Waals surface area contributed by atoms with Gasteiger partial charge in [-0.1, -0.05) is 36.9 Å². The molecule has 0 spiro atoms. The van der Waals surface area contributed by atoms with E-state index in [0.29, 0.717) is 31.4 Å². The van der Waals surface area contributed by atoms with Gasteiger partial charge in [-0.25, -0.2) is 8.42 Å². The maximum absolute atomic E-state index is 11.8. The predicted molar refractivity (Wildman–Crippen MR) is 155 cm³/mol. The minimum atomic E-state index is -2.90. The SMILES string of the molecule is C=C(/C=C\C(=C/C)NCc1ccc2c(c1)-c1ccc(OC3CCS(=O)(=O)CC3)cc1CCC2)[C@H]1CC1=C(O)O. The van der Waals surface area contributed by atoms with E-state index in [0.717, 1.165) is 36.3 Å². The number of nitrogens with one attached hydrogen (secondary N) is 1. The Morgan fingerprint density at radius 2 is 1.82 bits per heavy atom. The molecule has 1 saturated carbocycles. The van der Waals surface area contributed by atoms with Gasteiger partial charge >= 0.3 is 0 Å². The van der Waals surface area contributed by atoms with Crippen molar-refractivity contribution in [2.45, 2.75) is 58.1 Å². The van der Waals surface area contributed by atoms with E-state index < -0.39 is 15.8 Å². The number of hydrogen-bond donors (Lipinski definition) is 3. The lowest BCUT2D eigenvalue weighted by molar-refractivity contribution is 0.188. The number of rotatable bonds is 8. The van der Waals surface area contributed by atoms with E-state index >= 15 is 0 Å². The summed E-state index contributed by atoms with van der Waals surface area (Å²) in [5.41, 5.74) is 8.81. The number of fused-ring (bicyclic) bond motifs is 3. The van der Waals surface area contributed by atoms with Crippen LogP contribution >= 0.6 is 0 Å². The highest BCUT2D eigenvalue weighted by molar-refractivity contribution is 7.91. The second kappa shape index (κ2) is 11.3. The standard InChI is InChI=1S/C32H37NO5S/c1-3-25(10-7-21(2)29-19-31(29)32(34)35)33-20-22-8-9-23-5-4-6-24-18-27(11-12-28(24)30(23)17-22)38-26-13-15-39(36,37)16-14-26/h3,7-12,17-18,26,29,33-35H,2,4-6,13-16,19-20H2,1H3/b10-7-,25-3+/t29-/m1/s1. The third-order valence-electron chi connectivity index (χ3n) is 7.94. The van der Waals surface area contributed by atoms with E-state index in [1.54, 1.807) is 0 Å². The fourth-order valence-corrected chi connectivity index (χ4v) is 6.95. The summed E-state index contributed by atoms with van der Waals surface area (Å²) in [4.78, 5) is 0. The molecule has 0 unspecified atom stereocenters. The van der Waals surface area contributed by atoms with E-state index in [2.05, 4.69) is 42.2 Å². The molecule has 1 atom stereocenters. The van der Waals surface area contributed by atoms with Gasteiger partial charge < -0.3 is 20.3 Å². The first-order valence-electron chi connectivity index (χ1n) is 13.7. The molecule has 3 aliphatic rings. The van der Waals surface area contributed by atoms with Crippen LogP contribution in [0.2, 0.25) is 0 Å².